The molecule has 0 aromatic carbocycles. The lowest BCUT2D eigenvalue weighted by Crippen LogP contribution is -2.41. The van der Waals surface area contributed by atoms with Crippen molar-refractivity contribution >= 4 is 9.84 Å². The molecule has 0 aromatic rings. The third-order valence-electron chi connectivity index (χ3n) is 4.19. The van der Waals surface area contributed by atoms with Crippen LogP contribution in [0.2, 0.25) is 0 Å². The molecule has 17 heavy (non-hydrogen) atoms. The molecule has 0 amide bonds. The molecule has 0 aromatic heterocycles. The van der Waals surface area contributed by atoms with E-state index in [-0.39, 0.29) is 5.75 Å². The highest BCUT2D eigenvalue weighted by Gasteiger charge is 2.26. The molecule has 1 N–H and O–H groups in total. The first-order valence-electron chi connectivity index (χ1n) is 6.90. The molecule has 3 unspecified atom stereocenters. The van der Waals surface area contributed by atoms with E-state index in [9.17, 15) is 8.42 Å². The monoisotopic (exact) mass is 261 g/mol. The van der Waals surface area contributed by atoms with E-state index in [1.807, 2.05) is 0 Å². The Kier molecular flexibility index (Phi) is 5.93. The lowest BCUT2D eigenvalue weighted by Gasteiger charge is -2.34. The summed E-state index contributed by atoms with van der Waals surface area (Å²) >= 11 is 0. The van der Waals surface area contributed by atoms with Gasteiger partial charge in [-0.2, -0.15) is 0 Å². The van der Waals surface area contributed by atoms with Gasteiger partial charge in [0.05, 0.1) is 5.75 Å². The van der Waals surface area contributed by atoms with Crippen LogP contribution < -0.4 is 5.32 Å². The Morgan fingerprint density at radius 3 is 2.59 bits per heavy atom. The van der Waals surface area contributed by atoms with E-state index in [0.717, 1.165) is 18.9 Å². The molecule has 1 rings (SSSR count). The molecule has 3 nitrogen and oxygen atoms in total. The normalized spacial score (nSPS) is 30.4. The Morgan fingerprint density at radius 1 is 1.24 bits per heavy atom. The summed E-state index contributed by atoms with van der Waals surface area (Å²) in [5.41, 5.74) is 0. The number of hydrogen-bond donors (Lipinski definition) is 1. The Labute approximate surface area is 106 Å². The Morgan fingerprint density at radius 2 is 1.94 bits per heavy atom. The molecular formula is C13H27NO2S. The fraction of sp³-hybridized carbons (Fsp3) is 1.00. The molecule has 1 aliphatic carbocycles. The molecule has 0 heterocycles. The fourth-order valence-corrected chi connectivity index (χ4v) is 3.47. The SMILES string of the molecule is CCS(=O)(=O)CCCNC1CCCC(C)C1C. The van der Waals surface area contributed by atoms with Gasteiger partial charge in [-0.05, 0) is 31.2 Å². The third kappa shape index (κ3) is 4.96. The topological polar surface area (TPSA) is 46.2 Å². The Balaban J connectivity index is 2.22. The number of nitrogens with one attached hydrogen (secondary N) is 1. The van der Waals surface area contributed by atoms with Crippen LogP contribution in [0.15, 0.2) is 0 Å². The van der Waals surface area contributed by atoms with Crippen LogP contribution in [0.3, 0.4) is 0 Å². The van der Waals surface area contributed by atoms with Crippen molar-refractivity contribution in [2.45, 2.75) is 52.5 Å². The summed E-state index contributed by atoms with van der Waals surface area (Å²) in [7, 11) is -2.79. The van der Waals surface area contributed by atoms with E-state index < -0.39 is 9.84 Å². The highest BCUT2D eigenvalue weighted by molar-refractivity contribution is 7.91. The van der Waals surface area contributed by atoms with Gasteiger partial charge in [0.25, 0.3) is 0 Å². The molecule has 102 valence electrons. The summed E-state index contributed by atoms with van der Waals surface area (Å²) < 4.78 is 22.7. The predicted molar refractivity (Wildman–Crippen MR) is 72.9 cm³/mol. The maximum Gasteiger partial charge on any atom is 0.150 e. The molecule has 4 heteroatoms. The van der Waals surface area contributed by atoms with Gasteiger partial charge in [-0.1, -0.05) is 33.6 Å². The first-order valence-corrected chi connectivity index (χ1v) is 8.72. The van der Waals surface area contributed by atoms with Gasteiger partial charge in [-0.25, -0.2) is 8.42 Å². The average Bonchev–Trinajstić information content (AvgIpc) is 2.30. The van der Waals surface area contributed by atoms with Gasteiger partial charge in [0, 0.05) is 11.8 Å². The number of sulfone groups is 1. The van der Waals surface area contributed by atoms with Crippen molar-refractivity contribution in [2.75, 3.05) is 18.1 Å². The van der Waals surface area contributed by atoms with Crippen molar-refractivity contribution < 1.29 is 8.42 Å². The molecule has 3 atom stereocenters. The molecule has 1 aliphatic rings. The van der Waals surface area contributed by atoms with Crippen molar-refractivity contribution in [3.63, 3.8) is 0 Å². The molecule has 1 saturated carbocycles. The van der Waals surface area contributed by atoms with Crippen molar-refractivity contribution in [1.29, 1.82) is 0 Å². The van der Waals surface area contributed by atoms with Crippen LogP contribution in [0.4, 0.5) is 0 Å². The van der Waals surface area contributed by atoms with E-state index in [1.165, 1.54) is 19.3 Å². The van der Waals surface area contributed by atoms with Crippen molar-refractivity contribution in [1.82, 2.24) is 5.32 Å². The molecule has 1 fully saturated rings. The van der Waals surface area contributed by atoms with Crippen LogP contribution in [-0.4, -0.2) is 32.5 Å². The fourth-order valence-electron chi connectivity index (χ4n) is 2.59. The first-order chi connectivity index (χ1) is 7.96. The quantitative estimate of drug-likeness (QED) is 0.746. The van der Waals surface area contributed by atoms with Gasteiger partial charge in [0.1, 0.15) is 9.84 Å². The lowest BCUT2D eigenvalue weighted by molar-refractivity contribution is 0.207. The predicted octanol–water partition coefficient (Wildman–Crippen LogP) is 2.23. The summed E-state index contributed by atoms with van der Waals surface area (Å²) in [6.07, 6.45) is 4.62. The highest BCUT2D eigenvalue weighted by Crippen LogP contribution is 2.29. The van der Waals surface area contributed by atoms with Crippen LogP contribution in [0, 0.1) is 11.8 Å². The third-order valence-corrected chi connectivity index (χ3v) is 5.98. The van der Waals surface area contributed by atoms with Crippen molar-refractivity contribution in [3.8, 4) is 0 Å². The van der Waals surface area contributed by atoms with Gasteiger partial charge in [0.15, 0.2) is 0 Å². The molecule has 0 saturated heterocycles. The minimum absolute atomic E-state index is 0.268. The molecule has 0 radical (unpaired) electrons. The standard InChI is InChI=1S/C13H27NO2S/c1-4-17(15,16)10-6-9-14-13-8-5-7-11(2)12(13)3/h11-14H,4-10H2,1-3H3. The maximum absolute atomic E-state index is 11.3. The van der Waals surface area contributed by atoms with Crippen LogP contribution in [0.5, 0.6) is 0 Å². The summed E-state index contributed by atoms with van der Waals surface area (Å²) in [5.74, 6) is 2.10. The van der Waals surface area contributed by atoms with Gasteiger partial charge in [-0.3, -0.25) is 0 Å². The van der Waals surface area contributed by atoms with Crippen LogP contribution in [-0.2, 0) is 9.84 Å². The smallest absolute Gasteiger partial charge is 0.150 e. The Bertz CT molecular complexity index is 313. The number of rotatable bonds is 6. The van der Waals surface area contributed by atoms with Crippen LogP contribution in [0.1, 0.15) is 46.5 Å². The second-order valence-corrected chi connectivity index (χ2v) is 7.89. The van der Waals surface area contributed by atoms with Crippen molar-refractivity contribution in [2.24, 2.45) is 11.8 Å². The zero-order valence-electron chi connectivity index (χ0n) is 11.4. The lowest BCUT2D eigenvalue weighted by atomic mass is 9.78. The number of hydrogen-bond acceptors (Lipinski definition) is 3. The minimum Gasteiger partial charge on any atom is -0.314 e. The van der Waals surface area contributed by atoms with E-state index in [0.29, 0.717) is 17.7 Å². The average molecular weight is 261 g/mol. The molecular weight excluding hydrogens is 234 g/mol. The maximum atomic E-state index is 11.3. The molecule has 0 bridgehead atoms. The van der Waals surface area contributed by atoms with E-state index in [4.69, 9.17) is 0 Å². The second-order valence-electron chi connectivity index (χ2n) is 5.42. The summed E-state index contributed by atoms with van der Waals surface area (Å²) in [6, 6.07) is 0.586. The zero-order chi connectivity index (χ0) is 12.9. The van der Waals surface area contributed by atoms with Gasteiger partial charge >= 0.3 is 0 Å². The summed E-state index contributed by atoms with van der Waals surface area (Å²) in [4.78, 5) is 0. The van der Waals surface area contributed by atoms with E-state index in [2.05, 4.69) is 19.2 Å². The Hall–Kier alpha value is -0.0900. The summed E-state index contributed by atoms with van der Waals surface area (Å²) in [5, 5.41) is 3.53. The highest BCUT2D eigenvalue weighted by atomic mass is 32.2. The molecule has 0 aliphatic heterocycles. The minimum atomic E-state index is -2.79. The van der Waals surface area contributed by atoms with Crippen molar-refractivity contribution in [3.05, 3.63) is 0 Å². The largest absolute Gasteiger partial charge is 0.314 e. The summed E-state index contributed by atoms with van der Waals surface area (Å²) in [6.45, 7) is 7.18. The first kappa shape index (κ1) is 15.0. The second kappa shape index (κ2) is 6.74. The van der Waals surface area contributed by atoms with E-state index >= 15 is 0 Å². The van der Waals surface area contributed by atoms with E-state index in [1.54, 1.807) is 6.92 Å². The molecule has 0 spiro atoms. The van der Waals surface area contributed by atoms with Gasteiger partial charge in [0.2, 0.25) is 0 Å². The zero-order valence-corrected chi connectivity index (χ0v) is 12.2. The van der Waals surface area contributed by atoms with Crippen LogP contribution in [0.25, 0.3) is 0 Å². The van der Waals surface area contributed by atoms with Gasteiger partial charge < -0.3 is 5.32 Å². The van der Waals surface area contributed by atoms with Crippen LogP contribution >= 0.6 is 0 Å². The van der Waals surface area contributed by atoms with Gasteiger partial charge in [-0.15, -0.1) is 0 Å².